The first-order valence-corrected chi connectivity index (χ1v) is 6.13. The topological polar surface area (TPSA) is 46.5 Å². The Morgan fingerprint density at radius 1 is 1.05 bits per heavy atom. The molecule has 2 aromatic rings. The third-order valence-electron chi connectivity index (χ3n) is 2.78. The van der Waals surface area contributed by atoms with Crippen molar-refractivity contribution >= 4 is 17.6 Å². The molecule has 19 heavy (non-hydrogen) atoms. The molecular formula is C15H13ClO3. The summed E-state index contributed by atoms with van der Waals surface area (Å²) in [5.74, 6) is 0.392. The minimum atomic E-state index is -0.947. The van der Waals surface area contributed by atoms with E-state index in [0.717, 1.165) is 11.1 Å². The number of carbonyl (C=O) groups is 1. The highest BCUT2D eigenvalue weighted by Crippen LogP contribution is 2.29. The number of halogens is 1. The molecule has 98 valence electrons. The fourth-order valence-corrected chi connectivity index (χ4v) is 1.97. The molecule has 0 saturated carbocycles. The number of ether oxygens (including phenoxy) is 1. The van der Waals surface area contributed by atoms with Gasteiger partial charge in [-0.15, -0.1) is 0 Å². The van der Waals surface area contributed by atoms with Crippen LogP contribution in [0.4, 0.5) is 0 Å². The summed E-state index contributed by atoms with van der Waals surface area (Å²) in [4.78, 5) is 10.9. The van der Waals surface area contributed by atoms with Crippen LogP contribution in [0, 0.1) is 13.8 Å². The SMILES string of the molecule is Cc1cc(Cl)ccc1Oc1ccc(C(=O)O)cc1C. The lowest BCUT2D eigenvalue weighted by Crippen LogP contribution is -1.97. The van der Waals surface area contributed by atoms with Crippen LogP contribution in [0.2, 0.25) is 5.02 Å². The minimum Gasteiger partial charge on any atom is -0.478 e. The third-order valence-corrected chi connectivity index (χ3v) is 3.01. The summed E-state index contributed by atoms with van der Waals surface area (Å²) in [6, 6.07) is 10.1. The van der Waals surface area contributed by atoms with Gasteiger partial charge in [0.25, 0.3) is 0 Å². The molecule has 0 bridgehead atoms. The Balaban J connectivity index is 2.31. The summed E-state index contributed by atoms with van der Waals surface area (Å²) >= 11 is 5.89. The van der Waals surface area contributed by atoms with Gasteiger partial charge >= 0.3 is 5.97 Å². The summed E-state index contributed by atoms with van der Waals surface area (Å²) in [6.45, 7) is 3.72. The highest BCUT2D eigenvalue weighted by Gasteiger charge is 2.08. The van der Waals surface area contributed by atoms with Crippen molar-refractivity contribution in [3.63, 3.8) is 0 Å². The quantitative estimate of drug-likeness (QED) is 0.901. The number of hydrogen-bond acceptors (Lipinski definition) is 2. The van der Waals surface area contributed by atoms with Crippen molar-refractivity contribution in [1.29, 1.82) is 0 Å². The van der Waals surface area contributed by atoms with E-state index in [9.17, 15) is 4.79 Å². The Morgan fingerprint density at radius 3 is 2.16 bits per heavy atom. The maximum Gasteiger partial charge on any atom is 0.335 e. The average Bonchev–Trinajstić information content (AvgIpc) is 2.34. The number of rotatable bonds is 3. The number of carboxylic acids is 1. The fourth-order valence-electron chi connectivity index (χ4n) is 1.74. The van der Waals surface area contributed by atoms with Gasteiger partial charge in [-0.05, 0) is 61.4 Å². The number of benzene rings is 2. The lowest BCUT2D eigenvalue weighted by molar-refractivity contribution is 0.0697. The molecule has 0 aliphatic carbocycles. The molecule has 0 spiro atoms. The van der Waals surface area contributed by atoms with E-state index in [4.69, 9.17) is 21.4 Å². The normalized spacial score (nSPS) is 10.3. The summed E-state index contributed by atoms with van der Waals surface area (Å²) in [5, 5.41) is 9.56. The van der Waals surface area contributed by atoms with Gasteiger partial charge in [0.05, 0.1) is 5.56 Å². The van der Waals surface area contributed by atoms with Crippen LogP contribution in [0.3, 0.4) is 0 Å². The lowest BCUT2D eigenvalue weighted by atomic mass is 10.1. The highest BCUT2D eigenvalue weighted by molar-refractivity contribution is 6.30. The van der Waals surface area contributed by atoms with Crippen LogP contribution in [0.1, 0.15) is 21.5 Å². The summed E-state index contributed by atoms with van der Waals surface area (Å²) in [6.07, 6.45) is 0. The van der Waals surface area contributed by atoms with Crippen LogP contribution in [-0.2, 0) is 0 Å². The van der Waals surface area contributed by atoms with Gasteiger partial charge in [-0.3, -0.25) is 0 Å². The maximum atomic E-state index is 10.9. The Bertz CT molecular complexity index is 635. The zero-order valence-corrected chi connectivity index (χ0v) is 11.4. The minimum absolute atomic E-state index is 0.248. The standard InChI is InChI=1S/C15H13ClO3/c1-9-7-11(15(17)18)3-5-13(9)19-14-6-4-12(16)8-10(14)2/h3-8H,1-2H3,(H,17,18). The monoisotopic (exact) mass is 276 g/mol. The van der Waals surface area contributed by atoms with Gasteiger partial charge in [-0.2, -0.15) is 0 Å². The molecule has 1 N–H and O–H groups in total. The summed E-state index contributed by atoms with van der Waals surface area (Å²) < 4.78 is 5.78. The molecule has 0 saturated heterocycles. The Morgan fingerprint density at radius 2 is 1.63 bits per heavy atom. The van der Waals surface area contributed by atoms with E-state index >= 15 is 0 Å². The van der Waals surface area contributed by atoms with Crippen LogP contribution in [0.15, 0.2) is 36.4 Å². The van der Waals surface area contributed by atoms with E-state index in [1.807, 2.05) is 19.9 Å². The van der Waals surface area contributed by atoms with E-state index in [0.29, 0.717) is 16.5 Å². The first kappa shape index (κ1) is 13.4. The van der Waals surface area contributed by atoms with E-state index in [-0.39, 0.29) is 5.56 Å². The predicted octanol–water partition coefficient (Wildman–Crippen LogP) is 4.45. The molecule has 0 aromatic heterocycles. The first-order valence-electron chi connectivity index (χ1n) is 5.75. The van der Waals surface area contributed by atoms with Gasteiger partial charge in [0.1, 0.15) is 11.5 Å². The smallest absolute Gasteiger partial charge is 0.335 e. The van der Waals surface area contributed by atoms with Crippen molar-refractivity contribution in [3.8, 4) is 11.5 Å². The zero-order chi connectivity index (χ0) is 14.0. The number of hydrogen-bond donors (Lipinski definition) is 1. The van der Waals surface area contributed by atoms with E-state index in [1.54, 1.807) is 24.3 Å². The summed E-state index contributed by atoms with van der Waals surface area (Å²) in [7, 11) is 0. The van der Waals surface area contributed by atoms with Crippen molar-refractivity contribution in [3.05, 3.63) is 58.1 Å². The fraction of sp³-hybridized carbons (Fsp3) is 0.133. The van der Waals surface area contributed by atoms with Gasteiger partial charge in [-0.1, -0.05) is 11.6 Å². The molecule has 3 nitrogen and oxygen atoms in total. The van der Waals surface area contributed by atoms with Gasteiger partial charge in [-0.25, -0.2) is 4.79 Å². The number of aromatic carboxylic acids is 1. The van der Waals surface area contributed by atoms with Gasteiger partial charge < -0.3 is 9.84 Å². The van der Waals surface area contributed by atoms with Gasteiger partial charge in [0.15, 0.2) is 0 Å². The lowest BCUT2D eigenvalue weighted by Gasteiger charge is -2.11. The van der Waals surface area contributed by atoms with Crippen molar-refractivity contribution in [1.82, 2.24) is 0 Å². The third kappa shape index (κ3) is 3.06. The number of carboxylic acid groups (broad SMARTS) is 1. The van der Waals surface area contributed by atoms with Crippen LogP contribution < -0.4 is 4.74 Å². The van der Waals surface area contributed by atoms with Gasteiger partial charge in [0.2, 0.25) is 0 Å². The highest BCUT2D eigenvalue weighted by atomic mass is 35.5. The van der Waals surface area contributed by atoms with Crippen molar-refractivity contribution in [2.24, 2.45) is 0 Å². The molecule has 0 amide bonds. The molecule has 0 unspecified atom stereocenters. The maximum absolute atomic E-state index is 10.9. The van der Waals surface area contributed by atoms with E-state index < -0.39 is 5.97 Å². The first-order chi connectivity index (χ1) is 8.97. The van der Waals surface area contributed by atoms with Crippen molar-refractivity contribution in [2.45, 2.75) is 13.8 Å². The van der Waals surface area contributed by atoms with E-state index in [2.05, 4.69) is 0 Å². The molecule has 2 rings (SSSR count). The van der Waals surface area contributed by atoms with E-state index in [1.165, 1.54) is 6.07 Å². The molecule has 0 radical (unpaired) electrons. The largest absolute Gasteiger partial charge is 0.478 e. The van der Waals surface area contributed by atoms with Crippen molar-refractivity contribution in [2.75, 3.05) is 0 Å². The molecule has 4 heteroatoms. The second-order valence-corrected chi connectivity index (χ2v) is 4.73. The van der Waals surface area contributed by atoms with Crippen LogP contribution >= 0.6 is 11.6 Å². The number of aryl methyl sites for hydroxylation is 2. The van der Waals surface area contributed by atoms with Crippen LogP contribution in [-0.4, -0.2) is 11.1 Å². The molecule has 0 fully saturated rings. The Labute approximate surface area is 116 Å². The second-order valence-electron chi connectivity index (χ2n) is 4.30. The molecule has 0 atom stereocenters. The molecule has 0 aliphatic heterocycles. The second kappa shape index (κ2) is 5.33. The molecule has 0 heterocycles. The van der Waals surface area contributed by atoms with Crippen LogP contribution in [0.5, 0.6) is 11.5 Å². The van der Waals surface area contributed by atoms with Crippen LogP contribution in [0.25, 0.3) is 0 Å². The molecule has 0 aliphatic rings. The van der Waals surface area contributed by atoms with Crippen molar-refractivity contribution < 1.29 is 14.6 Å². The molecule has 2 aromatic carbocycles. The Kier molecular flexibility index (Phi) is 3.76. The Hall–Kier alpha value is -2.00. The molecular weight excluding hydrogens is 264 g/mol. The summed E-state index contributed by atoms with van der Waals surface area (Å²) in [5.41, 5.74) is 1.95. The zero-order valence-electron chi connectivity index (χ0n) is 10.6. The average molecular weight is 277 g/mol. The predicted molar refractivity (Wildman–Crippen MR) is 74.4 cm³/mol. The van der Waals surface area contributed by atoms with Gasteiger partial charge in [0, 0.05) is 5.02 Å².